The monoisotopic (exact) mass is 255 g/mol. The van der Waals surface area contributed by atoms with Gasteiger partial charge in [0, 0.05) is 12.8 Å². The number of halogens is 3. The first-order valence-electron chi connectivity index (χ1n) is 5.48. The summed E-state index contributed by atoms with van der Waals surface area (Å²) in [4.78, 5) is 11.0. The molecule has 0 unspecified atom stereocenters. The number of carbonyl (C=O) groups excluding carboxylic acids is 1. The van der Waals surface area contributed by atoms with Crippen LogP contribution in [-0.4, -0.2) is 24.7 Å². The van der Waals surface area contributed by atoms with Crippen molar-refractivity contribution in [2.75, 3.05) is 6.61 Å². The molecule has 1 rings (SSSR count). The van der Waals surface area contributed by atoms with E-state index in [1.807, 2.05) is 0 Å². The minimum atomic E-state index is -4.20. The van der Waals surface area contributed by atoms with Crippen molar-refractivity contribution in [2.45, 2.75) is 44.5 Å². The normalized spacial score (nSPS) is 29.8. The summed E-state index contributed by atoms with van der Waals surface area (Å²) in [6.45, 7) is 1.74. The SMILES string of the molecule is CCOC(=O)OC1(N)CCC(C(F)(F)F)CC1. The highest BCUT2D eigenvalue weighted by Crippen LogP contribution is 2.40. The van der Waals surface area contributed by atoms with E-state index in [1.54, 1.807) is 6.92 Å². The van der Waals surface area contributed by atoms with E-state index < -0.39 is 24.0 Å². The zero-order valence-corrected chi connectivity index (χ0v) is 9.55. The molecule has 0 radical (unpaired) electrons. The smallest absolute Gasteiger partial charge is 0.435 e. The summed E-state index contributed by atoms with van der Waals surface area (Å²) in [5, 5.41) is 0. The van der Waals surface area contributed by atoms with Crippen molar-refractivity contribution in [3.63, 3.8) is 0 Å². The van der Waals surface area contributed by atoms with Crippen molar-refractivity contribution >= 4 is 6.16 Å². The van der Waals surface area contributed by atoms with Gasteiger partial charge in [-0.25, -0.2) is 4.79 Å². The summed E-state index contributed by atoms with van der Waals surface area (Å²) in [5.74, 6) is -1.36. The Morgan fingerprint density at radius 1 is 1.41 bits per heavy atom. The minimum absolute atomic E-state index is 0.00398. The molecule has 2 N–H and O–H groups in total. The number of ether oxygens (including phenoxy) is 2. The summed E-state index contributed by atoms with van der Waals surface area (Å²) in [5.41, 5.74) is 4.38. The average Bonchev–Trinajstić information content (AvgIpc) is 2.16. The van der Waals surface area contributed by atoms with E-state index in [0.29, 0.717) is 0 Å². The second-order valence-electron chi connectivity index (χ2n) is 4.17. The fraction of sp³-hybridized carbons (Fsp3) is 0.900. The van der Waals surface area contributed by atoms with Crippen LogP contribution in [0, 0.1) is 5.92 Å². The van der Waals surface area contributed by atoms with Crippen molar-refractivity contribution in [3.05, 3.63) is 0 Å². The summed E-state index contributed by atoms with van der Waals surface area (Å²) in [6, 6.07) is 0. The molecule has 0 aromatic rings. The number of alkyl halides is 3. The fourth-order valence-corrected chi connectivity index (χ4v) is 1.85. The third kappa shape index (κ3) is 4.07. The lowest BCUT2D eigenvalue weighted by molar-refractivity contribution is -0.192. The largest absolute Gasteiger partial charge is 0.510 e. The Labute approximate surface area is 97.2 Å². The van der Waals surface area contributed by atoms with Gasteiger partial charge in [0.15, 0.2) is 5.72 Å². The van der Waals surface area contributed by atoms with Crippen molar-refractivity contribution in [2.24, 2.45) is 11.7 Å². The molecule has 0 heterocycles. The van der Waals surface area contributed by atoms with Crippen LogP contribution in [0.3, 0.4) is 0 Å². The van der Waals surface area contributed by atoms with Crippen LogP contribution in [0.5, 0.6) is 0 Å². The maximum Gasteiger partial charge on any atom is 0.510 e. The van der Waals surface area contributed by atoms with E-state index in [2.05, 4.69) is 4.74 Å². The van der Waals surface area contributed by atoms with Gasteiger partial charge in [0.1, 0.15) is 0 Å². The molecule has 0 amide bonds. The van der Waals surface area contributed by atoms with Crippen LogP contribution in [0.4, 0.5) is 18.0 Å². The van der Waals surface area contributed by atoms with Crippen molar-refractivity contribution in [1.29, 1.82) is 0 Å². The number of hydrogen-bond acceptors (Lipinski definition) is 4. The number of hydrogen-bond donors (Lipinski definition) is 1. The van der Waals surface area contributed by atoms with E-state index in [1.165, 1.54) is 0 Å². The molecule has 100 valence electrons. The molecule has 1 aliphatic rings. The molecular weight excluding hydrogens is 239 g/mol. The first-order chi connectivity index (χ1) is 7.77. The van der Waals surface area contributed by atoms with Gasteiger partial charge in [-0.1, -0.05) is 0 Å². The summed E-state index contributed by atoms with van der Waals surface area (Å²) in [7, 11) is 0. The van der Waals surface area contributed by atoms with E-state index >= 15 is 0 Å². The Bertz CT molecular complexity index is 272. The third-order valence-corrected chi connectivity index (χ3v) is 2.84. The van der Waals surface area contributed by atoms with Crippen LogP contribution in [0.1, 0.15) is 32.6 Å². The molecule has 0 aliphatic heterocycles. The molecule has 0 spiro atoms. The average molecular weight is 255 g/mol. The fourth-order valence-electron chi connectivity index (χ4n) is 1.85. The van der Waals surface area contributed by atoms with Crippen molar-refractivity contribution in [1.82, 2.24) is 0 Å². The van der Waals surface area contributed by atoms with Gasteiger partial charge < -0.3 is 9.47 Å². The Balaban J connectivity index is 2.47. The van der Waals surface area contributed by atoms with Crippen molar-refractivity contribution in [3.8, 4) is 0 Å². The second kappa shape index (κ2) is 5.12. The molecule has 1 saturated carbocycles. The highest BCUT2D eigenvalue weighted by molar-refractivity contribution is 5.60. The molecule has 1 fully saturated rings. The molecule has 0 atom stereocenters. The standard InChI is InChI=1S/C10H16F3NO3/c1-2-16-8(15)17-9(14)5-3-7(4-6-9)10(11,12)13/h7H,2-6,14H2,1H3. The highest BCUT2D eigenvalue weighted by atomic mass is 19.4. The molecule has 0 saturated heterocycles. The second-order valence-corrected chi connectivity index (χ2v) is 4.17. The van der Waals surface area contributed by atoms with Gasteiger partial charge in [-0.15, -0.1) is 0 Å². The van der Waals surface area contributed by atoms with Crippen LogP contribution < -0.4 is 5.73 Å². The predicted octanol–water partition coefficient (Wildman–Crippen LogP) is 2.57. The molecule has 7 heteroatoms. The summed E-state index contributed by atoms with van der Waals surface area (Å²) >= 11 is 0. The molecule has 0 aromatic carbocycles. The lowest BCUT2D eigenvalue weighted by atomic mass is 9.83. The van der Waals surface area contributed by atoms with Crippen molar-refractivity contribution < 1.29 is 27.4 Å². The molecule has 0 bridgehead atoms. The van der Waals surface area contributed by atoms with Gasteiger partial charge in [-0.3, -0.25) is 5.73 Å². The Kier molecular flexibility index (Phi) is 4.24. The van der Waals surface area contributed by atoms with Gasteiger partial charge in [0.05, 0.1) is 12.5 Å². The van der Waals surface area contributed by atoms with Crippen LogP contribution in [0.2, 0.25) is 0 Å². The van der Waals surface area contributed by atoms with E-state index in [0.717, 1.165) is 0 Å². The first kappa shape index (κ1) is 14.1. The van der Waals surface area contributed by atoms with Gasteiger partial charge >= 0.3 is 12.3 Å². The summed E-state index contributed by atoms with van der Waals surface area (Å²) in [6.07, 6.45) is -5.39. The molecule has 0 aromatic heterocycles. The van der Waals surface area contributed by atoms with Gasteiger partial charge in [-0.2, -0.15) is 13.2 Å². The first-order valence-corrected chi connectivity index (χ1v) is 5.48. The van der Waals surface area contributed by atoms with Crippen LogP contribution in [-0.2, 0) is 9.47 Å². The Morgan fingerprint density at radius 3 is 2.35 bits per heavy atom. The highest BCUT2D eigenvalue weighted by Gasteiger charge is 2.46. The lowest BCUT2D eigenvalue weighted by Crippen LogP contribution is -2.49. The van der Waals surface area contributed by atoms with Gasteiger partial charge in [0.25, 0.3) is 0 Å². The minimum Gasteiger partial charge on any atom is -0.435 e. The summed E-state index contributed by atoms with van der Waals surface area (Å²) < 4.78 is 46.6. The third-order valence-electron chi connectivity index (χ3n) is 2.84. The van der Waals surface area contributed by atoms with E-state index in [9.17, 15) is 18.0 Å². The molecular formula is C10H16F3NO3. The van der Waals surface area contributed by atoms with Gasteiger partial charge in [0.2, 0.25) is 0 Å². The van der Waals surface area contributed by atoms with Gasteiger partial charge in [-0.05, 0) is 19.8 Å². The maximum atomic E-state index is 12.4. The van der Waals surface area contributed by atoms with E-state index in [-0.39, 0.29) is 32.3 Å². The zero-order chi connectivity index (χ0) is 13.1. The Hall–Kier alpha value is -0.980. The molecule has 17 heavy (non-hydrogen) atoms. The maximum absolute atomic E-state index is 12.4. The number of rotatable bonds is 2. The molecule has 1 aliphatic carbocycles. The zero-order valence-electron chi connectivity index (χ0n) is 9.55. The lowest BCUT2D eigenvalue weighted by Gasteiger charge is -2.36. The van der Waals surface area contributed by atoms with Crippen LogP contribution >= 0.6 is 0 Å². The van der Waals surface area contributed by atoms with Crippen LogP contribution in [0.15, 0.2) is 0 Å². The molecule has 4 nitrogen and oxygen atoms in total. The number of carbonyl (C=O) groups is 1. The Morgan fingerprint density at radius 2 is 1.94 bits per heavy atom. The number of nitrogens with two attached hydrogens (primary N) is 1. The van der Waals surface area contributed by atoms with E-state index in [4.69, 9.17) is 10.5 Å². The predicted molar refractivity (Wildman–Crippen MR) is 53.0 cm³/mol. The topological polar surface area (TPSA) is 61.5 Å². The van der Waals surface area contributed by atoms with Crippen LogP contribution in [0.25, 0.3) is 0 Å². The quantitative estimate of drug-likeness (QED) is 0.608.